The Balaban J connectivity index is 1.73. The zero-order chi connectivity index (χ0) is 13.7. The highest BCUT2D eigenvalue weighted by atomic mass is 79.9. The van der Waals surface area contributed by atoms with Crippen LogP contribution in [-0.4, -0.2) is 23.7 Å². The van der Waals surface area contributed by atoms with E-state index in [1.54, 1.807) is 0 Å². The van der Waals surface area contributed by atoms with Crippen LogP contribution in [0.4, 0.5) is 0 Å². The van der Waals surface area contributed by atoms with Gasteiger partial charge in [0.05, 0.1) is 12.5 Å². The summed E-state index contributed by atoms with van der Waals surface area (Å²) in [6.07, 6.45) is 4.05. The van der Waals surface area contributed by atoms with E-state index in [1.165, 1.54) is 0 Å². The van der Waals surface area contributed by atoms with Crippen molar-refractivity contribution in [3.63, 3.8) is 0 Å². The number of carbonyl (C=O) groups excluding carboxylic acids is 1. The van der Waals surface area contributed by atoms with Crippen molar-refractivity contribution in [1.29, 1.82) is 0 Å². The molecular formula is C15H20BrNO2. The van der Waals surface area contributed by atoms with Gasteiger partial charge in [-0.2, -0.15) is 0 Å². The number of benzene rings is 1. The van der Waals surface area contributed by atoms with Crippen molar-refractivity contribution < 1.29 is 9.90 Å². The van der Waals surface area contributed by atoms with Crippen LogP contribution in [0.25, 0.3) is 0 Å². The minimum Gasteiger partial charge on any atom is -0.393 e. The molecule has 1 aromatic carbocycles. The summed E-state index contributed by atoms with van der Waals surface area (Å²) in [6, 6.07) is 7.82. The van der Waals surface area contributed by atoms with E-state index in [2.05, 4.69) is 21.2 Å². The molecule has 2 N–H and O–H groups in total. The van der Waals surface area contributed by atoms with Crippen LogP contribution < -0.4 is 5.32 Å². The lowest BCUT2D eigenvalue weighted by atomic mass is 9.87. The molecule has 3 nitrogen and oxygen atoms in total. The molecule has 1 aliphatic rings. The van der Waals surface area contributed by atoms with Gasteiger partial charge in [-0.3, -0.25) is 4.79 Å². The molecule has 0 spiro atoms. The van der Waals surface area contributed by atoms with Crippen LogP contribution in [0.3, 0.4) is 0 Å². The van der Waals surface area contributed by atoms with Gasteiger partial charge in [0.15, 0.2) is 0 Å². The van der Waals surface area contributed by atoms with Crippen molar-refractivity contribution in [3.8, 4) is 0 Å². The van der Waals surface area contributed by atoms with Crippen LogP contribution in [0.15, 0.2) is 28.7 Å². The Bertz CT molecular complexity index is 428. The summed E-state index contributed by atoms with van der Waals surface area (Å²) in [5.74, 6) is 0.596. The number of nitrogens with one attached hydrogen (secondary N) is 1. The number of halogens is 1. The molecule has 0 unspecified atom stereocenters. The molecular weight excluding hydrogens is 306 g/mol. The maximum Gasteiger partial charge on any atom is 0.224 e. The Labute approximate surface area is 122 Å². The standard InChI is InChI=1S/C15H20BrNO2/c16-13-3-1-2-12(8-13)9-15(19)17-10-11-4-6-14(18)7-5-11/h1-3,8,11,14,18H,4-7,9-10H2,(H,17,19). The molecule has 0 atom stereocenters. The fourth-order valence-corrected chi connectivity index (χ4v) is 2.95. The molecule has 0 aromatic heterocycles. The van der Waals surface area contributed by atoms with Gasteiger partial charge >= 0.3 is 0 Å². The predicted molar refractivity (Wildman–Crippen MR) is 78.8 cm³/mol. The van der Waals surface area contributed by atoms with Crippen molar-refractivity contribution in [2.24, 2.45) is 5.92 Å². The Morgan fingerprint density at radius 2 is 2.05 bits per heavy atom. The van der Waals surface area contributed by atoms with Crippen LogP contribution >= 0.6 is 15.9 Å². The van der Waals surface area contributed by atoms with E-state index < -0.39 is 0 Å². The first-order valence-electron chi connectivity index (χ1n) is 6.82. The topological polar surface area (TPSA) is 49.3 Å². The molecule has 1 saturated carbocycles. The summed E-state index contributed by atoms with van der Waals surface area (Å²) >= 11 is 3.40. The van der Waals surface area contributed by atoms with Gasteiger partial charge in [0.1, 0.15) is 0 Å². The highest BCUT2D eigenvalue weighted by Crippen LogP contribution is 2.23. The molecule has 0 saturated heterocycles. The second-order valence-electron chi connectivity index (χ2n) is 5.29. The summed E-state index contributed by atoms with van der Waals surface area (Å²) < 4.78 is 0.999. The molecule has 0 heterocycles. The predicted octanol–water partition coefficient (Wildman–Crippen LogP) is 2.66. The normalized spacial score (nSPS) is 23.1. The summed E-state index contributed by atoms with van der Waals surface area (Å²) in [6.45, 7) is 0.736. The Kier molecular flexibility index (Phi) is 5.40. The van der Waals surface area contributed by atoms with Crippen LogP contribution in [0.5, 0.6) is 0 Å². The fourth-order valence-electron chi connectivity index (χ4n) is 2.50. The summed E-state index contributed by atoms with van der Waals surface area (Å²) in [5, 5.41) is 12.4. The lowest BCUT2D eigenvalue weighted by molar-refractivity contribution is -0.120. The molecule has 4 heteroatoms. The van der Waals surface area contributed by atoms with E-state index in [-0.39, 0.29) is 12.0 Å². The third kappa shape index (κ3) is 4.96. The van der Waals surface area contributed by atoms with E-state index in [9.17, 15) is 9.90 Å². The smallest absolute Gasteiger partial charge is 0.224 e. The minimum atomic E-state index is -0.131. The average molecular weight is 326 g/mol. The number of rotatable bonds is 4. The molecule has 19 heavy (non-hydrogen) atoms. The molecule has 2 rings (SSSR count). The van der Waals surface area contributed by atoms with Crippen molar-refractivity contribution >= 4 is 21.8 Å². The molecule has 0 aliphatic heterocycles. The fraction of sp³-hybridized carbons (Fsp3) is 0.533. The highest BCUT2D eigenvalue weighted by molar-refractivity contribution is 9.10. The van der Waals surface area contributed by atoms with Crippen molar-refractivity contribution in [3.05, 3.63) is 34.3 Å². The summed E-state index contributed by atoms with van der Waals surface area (Å²) in [4.78, 5) is 11.9. The third-order valence-electron chi connectivity index (χ3n) is 3.66. The van der Waals surface area contributed by atoms with Crippen molar-refractivity contribution in [2.45, 2.75) is 38.2 Å². The van der Waals surface area contributed by atoms with Crippen LogP contribution in [0, 0.1) is 5.92 Å². The van der Waals surface area contributed by atoms with Gasteiger partial charge in [0.25, 0.3) is 0 Å². The van der Waals surface area contributed by atoms with Crippen molar-refractivity contribution in [1.82, 2.24) is 5.32 Å². The van der Waals surface area contributed by atoms with Gasteiger partial charge in [-0.25, -0.2) is 0 Å². The number of aliphatic hydroxyl groups is 1. The maximum atomic E-state index is 11.9. The van der Waals surface area contributed by atoms with Gasteiger partial charge in [-0.15, -0.1) is 0 Å². The number of aliphatic hydroxyl groups excluding tert-OH is 1. The Morgan fingerprint density at radius 1 is 1.32 bits per heavy atom. The highest BCUT2D eigenvalue weighted by Gasteiger charge is 2.19. The van der Waals surface area contributed by atoms with E-state index in [0.29, 0.717) is 12.3 Å². The van der Waals surface area contributed by atoms with Crippen LogP contribution in [0.2, 0.25) is 0 Å². The zero-order valence-corrected chi connectivity index (χ0v) is 12.5. The number of hydrogen-bond donors (Lipinski definition) is 2. The largest absolute Gasteiger partial charge is 0.393 e. The SMILES string of the molecule is O=C(Cc1cccc(Br)c1)NCC1CCC(O)CC1. The van der Waals surface area contributed by atoms with Gasteiger partial charge < -0.3 is 10.4 Å². The molecule has 1 amide bonds. The van der Waals surface area contributed by atoms with Gasteiger partial charge in [0, 0.05) is 11.0 Å². The Morgan fingerprint density at radius 3 is 2.74 bits per heavy atom. The lowest BCUT2D eigenvalue weighted by Crippen LogP contribution is -2.33. The molecule has 1 aliphatic carbocycles. The summed E-state index contributed by atoms with van der Waals surface area (Å²) in [5.41, 5.74) is 1.02. The number of carbonyl (C=O) groups is 1. The second-order valence-corrected chi connectivity index (χ2v) is 6.20. The Hall–Kier alpha value is -0.870. The van der Waals surface area contributed by atoms with E-state index in [0.717, 1.165) is 42.3 Å². The van der Waals surface area contributed by atoms with Crippen LogP contribution in [-0.2, 0) is 11.2 Å². The van der Waals surface area contributed by atoms with E-state index in [4.69, 9.17) is 0 Å². The molecule has 1 fully saturated rings. The zero-order valence-electron chi connectivity index (χ0n) is 10.9. The van der Waals surface area contributed by atoms with E-state index >= 15 is 0 Å². The van der Waals surface area contributed by atoms with Crippen LogP contribution in [0.1, 0.15) is 31.2 Å². The maximum absolute atomic E-state index is 11.9. The van der Waals surface area contributed by atoms with Gasteiger partial charge in [-0.1, -0.05) is 28.1 Å². The molecule has 0 radical (unpaired) electrons. The van der Waals surface area contributed by atoms with E-state index in [1.807, 2.05) is 24.3 Å². The third-order valence-corrected chi connectivity index (χ3v) is 4.15. The first-order chi connectivity index (χ1) is 9.13. The quantitative estimate of drug-likeness (QED) is 0.894. The average Bonchev–Trinajstić information content (AvgIpc) is 2.38. The summed E-state index contributed by atoms with van der Waals surface area (Å²) in [7, 11) is 0. The van der Waals surface area contributed by atoms with Gasteiger partial charge in [0.2, 0.25) is 5.91 Å². The molecule has 1 aromatic rings. The van der Waals surface area contributed by atoms with Gasteiger partial charge in [-0.05, 0) is 49.3 Å². The first-order valence-corrected chi connectivity index (χ1v) is 7.62. The number of amides is 1. The number of hydrogen-bond acceptors (Lipinski definition) is 2. The molecule has 104 valence electrons. The lowest BCUT2D eigenvalue weighted by Gasteiger charge is -2.25. The molecule has 0 bridgehead atoms. The van der Waals surface area contributed by atoms with Crippen molar-refractivity contribution in [2.75, 3.05) is 6.54 Å². The second kappa shape index (κ2) is 7.06. The minimum absolute atomic E-state index is 0.0734. The first kappa shape index (κ1) is 14.5. The monoisotopic (exact) mass is 325 g/mol.